The van der Waals surface area contributed by atoms with E-state index >= 15 is 0 Å². The van der Waals surface area contributed by atoms with Crippen LogP contribution < -0.4 is 11.1 Å². The van der Waals surface area contributed by atoms with Gasteiger partial charge in [0.05, 0.1) is 6.04 Å². The molecular formula is C13H18ClN3O. The van der Waals surface area contributed by atoms with Crippen LogP contribution in [0.4, 0.5) is 0 Å². The first-order valence-electron chi connectivity index (χ1n) is 6.11. The molecule has 0 saturated carbocycles. The minimum absolute atomic E-state index is 0.0796. The molecule has 1 unspecified atom stereocenters. The highest BCUT2D eigenvalue weighted by Gasteiger charge is 2.25. The number of amides is 1. The molecular weight excluding hydrogens is 250 g/mol. The van der Waals surface area contributed by atoms with Gasteiger partial charge in [-0.2, -0.15) is 0 Å². The third-order valence-corrected chi connectivity index (χ3v) is 3.70. The van der Waals surface area contributed by atoms with E-state index in [0.29, 0.717) is 19.6 Å². The fraction of sp³-hybridized carbons (Fsp3) is 0.462. The number of piperazine rings is 1. The Morgan fingerprint density at radius 2 is 2.33 bits per heavy atom. The molecule has 0 aliphatic carbocycles. The van der Waals surface area contributed by atoms with Gasteiger partial charge in [0.1, 0.15) is 0 Å². The molecule has 4 nitrogen and oxygen atoms in total. The van der Waals surface area contributed by atoms with Crippen LogP contribution in [-0.2, 0) is 17.9 Å². The van der Waals surface area contributed by atoms with Crippen molar-refractivity contribution in [3.63, 3.8) is 0 Å². The van der Waals surface area contributed by atoms with Crippen molar-refractivity contribution < 1.29 is 4.79 Å². The molecule has 3 N–H and O–H groups in total. The van der Waals surface area contributed by atoms with Crippen molar-refractivity contribution in [1.29, 1.82) is 0 Å². The van der Waals surface area contributed by atoms with Crippen molar-refractivity contribution in [1.82, 2.24) is 10.2 Å². The van der Waals surface area contributed by atoms with Crippen molar-refractivity contribution in [3.05, 3.63) is 34.3 Å². The number of hydrogen-bond donors (Lipinski definition) is 2. The number of carbonyl (C=O) groups is 1. The zero-order valence-corrected chi connectivity index (χ0v) is 11.2. The first-order chi connectivity index (χ1) is 8.61. The Kier molecular flexibility index (Phi) is 4.22. The van der Waals surface area contributed by atoms with Crippen LogP contribution in [0.1, 0.15) is 18.1 Å². The molecule has 98 valence electrons. The van der Waals surface area contributed by atoms with E-state index in [1.807, 2.05) is 25.1 Å². The van der Waals surface area contributed by atoms with Crippen molar-refractivity contribution in [2.24, 2.45) is 5.73 Å². The van der Waals surface area contributed by atoms with Crippen LogP contribution in [0.3, 0.4) is 0 Å². The van der Waals surface area contributed by atoms with Gasteiger partial charge in [0.25, 0.3) is 0 Å². The number of halogens is 1. The Morgan fingerprint density at radius 1 is 1.56 bits per heavy atom. The average molecular weight is 268 g/mol. The first kappa shape index (κ1) is 13.3. The van der Waals surface area contributed by atoms with E-state index in [1.54, 1.807) is 0 Å². The third-order valence-electron chi connectivity index (χ3n) is 3.35. The summed E-state index contributed by atoms with van der Waals surface area (Å²) in [6, 6.07) is 5.76. The molecule has 0 radical (unpaired) electrons. The largest absolute Gasteiger partial charge is 0.353 e. The summed E-state index contributed by atoms with van der Waals surface area (Å²) in [5.74, 6) is 0.0796. The highest BCUT2D eigenvalue weighted by molar-refractivity contribution is 6.31. The van der Waals surface area contributed by atoms with Crippen molar-refractivity contribution >= 4 is 17.5 Å². The summed E-state index contributed by atoms with van der Waals surface area (Å²) in [6.45, 7) is 4.64. The number of rotatable bonds is 3. The predicted molar refractivity (Wildman–Crippen MR) is 72.2 cm³/mol. The summed E-state index contributed by atoms with van der Waals surface area (Å²) < 4.78 is 0. The topological polar surface area (TPSA) is 58.4 Å². The van der Waals surface area contributed by atoms with Gasteiger partial charge in [-0.05, 0) is 24.1 Å². The van der Waals surface area contributed by atoms with Gasteiger partial charge in [-0.15, -0.1) is 0 Å². The molecule has 1 heterocycles. The fourth-order valence-electron chi connectivity index (χ4n) is 2.11. The van der Waals surface area contributed by atoms with E-state index < -0.39 is 0 Å². The molecule has 0 spiro atoms. The molecule has 1 amide bonds. The van der Waals surface area contributed by atoms with Gasteiger partial charge in [0.2, 0.25) is 5.91 Å². The lowest BCUT2D eigenvalue weighted by Crippen LogP contribution is -2.53. The number of benzene rings is 1. The van der Waals surface area contributed by atoms with E-state index in [1.165, 1.54) is 0 Å². The molecule has 1 aromatic rings. The normalized spacial score (nSPS) is 20.8. The molecule has 0 bridgehead atoms. The lowest BCUT2D eigenvalue weighted by molar-refractivity contribution is -0.128. The summed E-state index contributed by atoms with van der Waals surface area (Å²) in [4.78, 5) is 13.7. The minimum atomic E-state index is -0.107. The average Bonchev–Trinajstić information content (AvgIpc) is 2.37. The van der Waals surface area contributed by atoms with Crippen molar-refractivity contribution in [2.45, 2.75) is 26.1 Å². The second kappa shape index (κ2) is 5.69. The van der Waals surface area contributed by atoms with E-state index in [2.05, 4.69) is 10.2 Å². The smallest absolute Gasteiger partial charge is 0.237 e. The van der Waals surface area contributed by atoms with Crippen LogP contribution in [0.5, 0.6) is 0 Å². The molecule has 1 fully saturated rings. The standard InChI is InChI=1S/C13H18ClN3O/c1-9-13(18)16-4-5-17(9)8-11-3-2-10(7-15)6-12(11)14/h2-3,6,9H,4-5,7-8,15H2,1H3,(H,16,18). The zero-order chi connectivity index (χ0) is 13.1. The third kappa shape index (κ3) is 2.83. The summed E-state index contributed by atoms with van der Waals surface area (Å²) in [5.41, 5.74) is 7.63. The Bertz CT molecular complexity index is 450. The number of hydrogen-bond acceptors (Lipinski definition) is 3. The molecule has 5 heteroatoms. The van der Waals surface area contributed by atoms with Crippen molar-refractivity contribution in [2.75, 3.05) is 13.1 Å². The predicted octanol–water partition coefficient (Wildman–Crippen LogP) is 1.12. The Labute approximate surface area is 112 Å². The number of carbonyl (C=O) groups excluding carboxylic acids is 1. The van der Waals surface area contributed by atoms with Crippen LogP contribution in [0, 0.1) is 0 Å². The Balaban J connectivity index is 2.11. The van der Waals surface area contributed by atoms with Crippen LogP contribution >= 0.6 is 11.6 Å². The minimum Gasteiger partial charge on any atom is -0.353 e. The van der Waals surface area contributed by atoms with Gasteiger partial charge >= 0.3 is 0 Å². The van der Waals surface area contributed by atoms with Crippen LogP contribution in [-0.4, -0.2) is 29.9 Å². The summed E-state index contributed by atoms with van der Waals surface area (Å²) >= 11 is 6.23. The molecule has 0 aromatic heterocycles. The Morgan fingerprint density at radius 3 is 3.00 bits per heavy atom. The molecule has 1 atom stereocenters. The lowest BCUT2D eigenvalue weighted by Gasteiger charge is -2.32. The highest BCUT2D eigenvalue weighted by Crippen LogP contribution is 2.21. The van der Waals surface area contributed by atoms with E-state index in [0.717, 1.165) is 22.7 Å². The van der Waals surface area contributed by atoms with E-state index in [9.17, 15) is 4.79 Å². The molecule has 1 aliphatic heterocycles. The molecule has 2 rings (SSSR count). The SMILES string of the molecule is CC1C(=O)NCCN1Cc1ccc(CN)cc1Cl. The summed E-state index contributed by atoms with van der Waals surface area (Å²) in [7, 11) is 0. The van der Waals surface area contributed by atoms with Crippen LogP contribution in [0.2, 0.25) is 5.02 Å². The van der Waals surface area contributed by atoms with Gasteiger partial charge in [-0.1, -0.05) is 23.7 Å². The monoisotopic (exact) mass is 267 g/mol. The van der Waals surface area contributed by atoms with E-state index in [4.69, 9.17) is 17.3 Å². The second-order valence-electron chi connectivity index (χ2n) is 4.57. The van der Waals surface area contributed by atoms with Gasteiger partial charge in [-0.3, -0.25) is 9.69 Å². The lowest BCUT2D eigenvalue weighted by atomic mass is 10.1. The zero-order valence-electron chi connectivity index (χ0n) is 10.4. The molecule has 1 aliphatic rings. The molecule has 18 heavy (non-hydrogen) atoms. The van der Waals surface area contributed by atoms with Gasteiger partial charge < -0.3 is 11.1 Å². The van der Waals surface area contributed by atoms with Crippen molar-refractivity contribution in [3.8, 4) is 0 Å². The second-order valence-corrected chi connectivity index (χ2v) is 4.97. The maximum atomic E-state index is 11.6. The van der Waals surface area contributed by atoms with Crippen LogP contribution in [0.15, 0.2) is 18.2 Å². The Hall–Kier alpha value is -1.10. The summed E-state index contributed by atoms with van der Waals surface area (Å²) in [5, 5.41) is 3.57. The number of nitrogens with two attached hydrogens (primary N) is 1. The van der Waals surface area contributed by atoms with Gasteiger partial charge in [-0.25, -0.2) is 0 Å². The van der Waals surface area contributed by atoms with E-state index in [-0.39, 0.29) is 11.9 Å². The van der Waals surface area contributed by atoms with Crippen LogP contribution in [0.25, 0.3) is 0 Å². The fourth-order valence-corrected chi connectivity index (χ4v) is 2.37. The number of nitrogens with one attached hydrogen (secondary N) is 1. The highest BCUT2D eigenvalue weighted by atomic mass is 35.5. The van der Waals surface area contributed by atoms with Gasteiger partial charge in [0.15, 0.2) is 0 Å². The molecule has 1 saturated heterocycles. The molecule has 1 aromatic carbocycles. The summed E-state index contributed by atoms with van der Waals surface area (Å²) in [6.07, 6.45) is 0. The quantitative estimate of drug-likeness (QED) is 0.863. The maximum Gasteiger partial charge on any atom is 0.237 e. The maximum absolute atomic E-state index is 11.6. The van der Waals surface area contributed by atoms with Gasteiger partial charge in [0, 0.05) is 31.2 Å². The number of nitrogens with zero attached hydrogens (tertiary/aromatic N) is 1. The first-order valence-corrected chi connectivity index (χ1v) is 6.48.